The van der Waals surface area contributed by atoms with Crippen LogP contribution in [0.3, 0.4) is 0 Å². The Hall–Kier alpha value is -3.26. The van der Waals surface area contributed by atoms with Crippen molar-refractivity contribution in [3.63, 3.8) is 0 Å². The minimum absolute atomic E-state index is 0.0545. The first-order valence-electron chi connectivity index (χ1n) is 11.2. The van der Waals surface area contributed by atoms with Crippen LogP contribution in [-0.2, 0) is 14.3 Å². The Morgan fingerprint density at radius 3 is 2.41 bits per heavy atom. The molecular weight excluding hydrogens is 440 g/mol. The van der Waals surface area contributed by atoms with E-state index in [1.165, 1.54) is 7.11 Å². The summed E-state index contributed by atoms with van der Waals surface area (Å²) in [4.78, 5) is 26.1. The molecule has 0 aliphatic carbocycles. The molecule has 2 aliphatic heterocycles. The van der Waals surface area contributed by atoms with Gasteiger partial charge in [-0.3, -0.25) is 9.59 Å². The highest BCUT2D eigenvalue weighted by Gasteiger charge is 2.44. The van der Waals surface area contributed by atoms with E-state index < -0.39 is 17.4 Å². The lowest BCUT2D eigenvalue weighted by Gasteiger charge is -2.25. The van der Waals surface area contributed by atoms with Crippen molar-refractivity contribution in [2.75, 3.05) is 34.2 Å². The van der Waals surface area contributed by atoms with E-state index in [2.05, 4.69) is 0 Å². The topological polar surface area (TPSA) is 89.5 Å². The SMILES string of the molecule is COc1ccc(C(=O)[C@@H]2CO[C@@H](c3ccc4c(c3)OCO4)[C@H]2COC(=O)C(C)(C)C)cc1OC. The van der Waals surface area contributed by atoms with Gasteiger partial charge in [0.1, 0.15) is 0 Å². The van der Waals surface area contributed by atoms with Gasteiger partial charge in [-0.05, 0) is 56.7 Å². The maximum absolute atomic E-state index is 13.6. The van der Waals surface area contributed by atoms with Crippen LogP contribution in [0.25, 0.3) is 0 Å². The lowest BCUT2D eigenvalue weighted by Crippen LogP contribution is -2.31. The van der Waals surface area contributed by atoms with Crippen LogP contribution in [0.1, 0.15) is 42.8 Å². The number of hydrogen-bond donors (Lipinski definition) is 0. The van der Waals surface area contributed by atoms with Crippen LogP contribution in [0, 0.1) is 17.3 Å². The molecule has 0 N–H and O–H groups in total. The molecule has 0 unspecified atom stereocenters. The van der Waals surface area contributed by atoms with Gasteiger partial charge in [-0.2, -0.15) is 0 Å². The Morgan fingerprint density at radius 2 is 1.71 bits per heavy atom. The maximum atomic E-state index is 13.6. The molecule has 2 aliphatic rings. The molecule has 0 radical (unpaired) electrons. The summed E-state index contributed by atoms with van der Waals surface area (Å²) in [5, 5.41) is 0. The quantitative estimate of drug-likeness (QED) is 0.439. The highest BCUT2D eigenvalue weighted by Crippen LogP contribution is 2.44. The number of esters is 1. The normalized spacial score (nSPS) is 21.3. The first-order chi connectivity index (χ1) is 16.2. The van der Waals surface area contributed by atoms with Crippen LogP contribution in [0.5, 0.6) is 23.0 Å². The van der Waals surface area contributed by atoms with Crippen molar-refractivity contribution in [3.8, 4) is 23.0 Å². The zero-order chi connectivity index (χ0) is 24.5. The number of benzene rings is 2. The van der Waals surface area contributed by atoms with Gasteiger partial charge in [0.25, 0.3) is 0 Å². The summed E-state index contributed by atoms with van der Waals surface area (Å²) >= 11 is 0. The largest absolute Gasteiger partial charge is 0.493 e. The average Bonchev–Trinajstić information content (AvgIpc) is 3.47. The van der Waals surface area contributed by atoms with E-state index >= 15 is 0 Å². The van der Waals surface area contributed by atoms with Gasteiger partial charge in [0.2, 0.25) is 6.79 Å². The van der Waals surface area contributed by atoms with Gasteiger partial charge in [-0.15, -0.1) is 0 Å². The van der Waals surface area contributed by atoms with Gasteiger partial charge in [-0.1, -0.05) is 6.07 Å². The molecule has 34 heavy (non-hydrogen) atoms. The summed E-state index contributed by atoms with van der Waals surface area (Å²) in [7, 11) is 3.06. The lowest BCUT2D eigenvalue weighted by molar-refractivity contribution is -0.155. The Morgan fingerprint density at radius 1 is 0.971 bits per heavy atom. The van der Waals surface area contributed by atoms with Crippen LogP contribution in [-0.4, -0.2) is 46.0 Å². The van der Waals surface area contributed by atoms with Crippen molar-refractivity contribution in [1.29, 1.82) is 0 Å². The molecular formula is C26H30O8. The number of hydrogen-bond acceptors (Lipinski definition) is 8. The van der Waals surface area contributed by atoms with E-state index in [-0.39, 0.29) is 37.7 Å². The molecule has 1 saturated heterocycles. The van der Waals surface area contributed by atoms with Gasteiger partial charge >= 0.3 is 5.97 Å². The maximum Gasteiger partial charge on any atom is 0.311 e. The molecule has 8 heteroatoms. The van der Waals surface area contributed by atoms with Crippen LogP contribution in [0.4, 0.5) is 0 Å². The van der Waals surface area contributed by atoms with Gasteiger partial charge < -0.3 is 28.4 Å². The molecule has 0 bridgehead atoms. The lowest BCUT2D eigenvalue weighted by atomic mass is 9.83. The summed E-state index contributed by atoms with van der Waals surface area (Å²) in [6, 6.07) is 10.6. The summed E-state index contributed by atoms with van der Waals surface area (Å²) in [6.45, 7) is 5.80. The van der Waals surface area contributed by atoms with E-state index in [1.54, 1.807) is 46.1 Å². The summed E-state index contributed by atoms with van der Waals surface area (Å²) < 4.78 is 33.4. The number of ether oxygens (including phenoxy) is 6. The third kappa shape index (κ3) is 4.68. The van der Waals surface area contributed by atoms with Crippen LogP contribution in [0.2, 0.25) is 0 Å². The van der Waals surface area contributed by atoms with Gasteiger partial charge in [0, 0.05) is 11.5 Å². The minimum atomic E-state index is -0.656. The fraction of sp³-hybridized carbons (Fsp3) is 0.462. The first-order valence-corrected chi connectivity index (χ1v) is 11.2. The monoisotopic (exact) mass is 470 g/mol. The second kappa shape index (κ2) is 9.54. The molecule has 4 rings (SSSR count). The highest BCUT2D eigenvalue weighted by atomic mass is 16.7. The Bertz CT molecular complexity index is 1070. The predicted molar refractivity (Wildman–Crippen MR) is 123 cm³/mol. The third-order valence-electron chi connectivity index (χ3n) is 6.11. The number of fused-ring (bicyclic) bond motifs is 1. The van der Waals surface area contributed by atoms with E-state index in [0.29, 0.717) is 28.6 Å². The number of rotatable bonds is 7. The smallest absolute Gasteiger partial charge is 0.311 e. The zero-order valence-electron chi connectivity index (χ0n) is 20.1. The fourth-order valence-electron chi connectivity index (χ4n) is 4.16. The number of methoxy groups -OCH3 is 2. The molecule has 0 spiro atoms. The van der Waals surface area contributed by atoms with Crippen molar-refractivity contribution in [2.24, 2.45) is 17.3 Å². The van der Waals surface area contributed by atoms with E-state index in [4.69, 9.17) is 28.4 Å². The van der Waals surface area contributed by atoms with Gasteiger partial charge in [0.05, 0.1) is 44.9 Å². The van der Waals surface area contributed by atoms with Crippen molar-refractivity contribution in [3.05, 3.63) is 47.5 Å². The summed E-state index contributed by atoms with van der Waals surface area (Å²) in [5.74, 6) is 0.957. The van der Waals surface area contributed by atoms with Crippen molar-refractivity contribution < 1.29 is 38.0 Å². The Labute approximate surface area is 199 Å². The summed E-state index contributed by atoms with van der Waals surface area (Å²) in [5.41, 5.74) is 0.657. The molecule has 8 nitrogen and oxygen atoms in total. The minimum Gasteiger partial charge on any atom is -0.493 e. The van der Waals surface area contributed by atoms with Gasteiger partial charge in [-0.25, -0.2) is 0 Å². The van der Waals surface area contributed by atoms with Crippen molar-refractivity contribution in [1.82, 2.24) is 0 Å². The number of Topliss-reactive ketones (excluding diaryl/α,β-unsaturated/α-hetero) is 1. The molecule has 2 heterocycles. The standard InChI is InChI=1S/C26H30O8/c1-26(2,3)25(28)32-13-18-17(23(27)15-6-8-19(29-4)21(10-15)30-5)12-31-24(18)16-7-9-20-22(11-16)34-14-33-20/h6-11,17-18,24H,12-14H2,1-5H3/t17-,18+,24+/m1/s1. The molecule has 3 atom stereocenters. The second-order valence-corrected chi connectivity index (χ2v) is 9.42. The first kappa shape index (κ1) is 23.9. The predicted octanol–water partition coefficient (Wildman–Crippen LogP) is 4.21. The summed E-state index contributed by atoms with van der Waals surface area (Å²) in [6.07, 6.45) is -0.448. The van der Waals surface area contributed by atoms with Crippen molar-refractivity contribution in [2.45, 2.75) is 26.9 Å². The van der Waals surface area contributed by atoms with E-state index in [1.807, 2.05) is 18.2 Å². The van der Waals surface area contributed by atoms with Crippen LogP contribution in [0.15, 0.2) is 36.4 Å². The molecule has 0 saturated carbocycles. The molecule has 2 aromatic carbocycles. The third-order valence-corrected chi connectivity index (χ3v) is 6.11. The van der Waals surface area contributed by atoms with Crippen LogP contribution >= 0.6 is 0 Å². The van der Waals surface area contributed by atoms with Crippen molar-refractivity contribution >= 4 is 11.8 Å². The number of ketones is 1. The Kier molecular flexibility index (Phi) is 6.70. The van der Waals surface area contributed by atoms with E-state index in [9.17, 15) is 9.59 Å². The average molecular weight is 471 g/mol. The fourth-order valence-corrected chi connectivity index (χ4v) is 4.16. The van der Waals surface area contributed by atoms with Gasteiger partial charge in [0.15, 0.2) is 28.8 Å². The molecule has 182 valence electrons. The van der Waals surface area contributed by atoms with E-state index in [0.717, 1.165) is 5.56 Å². The second-order valence-electron chi connectivity index (χ2n) is 9.42. The molecule has 2 aromatic rings. The molecule has 0 amide bonds. The zero-order valence-corrected chi connectivity index (χ0v) is 20.1. The highest BCUT2D eigenvalue weighted by molar-refractivity contribution is 5.99. The molecule has 0 aromatic heterocycles. The molecule has 1 fully saturated rings. The number of carbonyl (C=O) groups excluding carboxylic acids is 2. The number of carbonyl (C=O) groups is 2. The Balaban J connectivity index is 1.62. The van der Waals surface area contributed by atoms with Crippen LogP contribution < -0.4 is 18.9 Å².